The highest BCUT2D eigenvalue weighted by atomic mass is 16.5. The van der Waals surface area contributed by atoms with Crippen molar-refractivity contribution in [2.75, 3.05) is 31.2 Å². The Bertz CT molecular complexity index is 498. The number of amides is 1. The molecule has 0 bridgehead atoms. The molecule has 0 saturated carbocycles. The number of hydrogen-bond donors (Lipinski definition) is 1. The third-order valence-corrected chi connectivity index (χ3v) is 3.01. The third-order valence-electron chi connectivity index (χ3n) is 3.01. The fraction of sp³-hybridized carbons (Fsp3) is 0.462. The molecule has 1 N–H and O–H groups in total. The van der Waals surface area contributed by atoms with Crippen molar-refractivity contribution in [3.8, 4) is 6.07 Å². The number of carbonyl (C=O) groups is 1. The number of nitrogens with one attached hydrogen (secondary N) is 1. The Morgan fingerprint density at radius 2 is 2.58 bits per heavy atom. The fourth-order valence-corrected chi connectivity index (χ4v) is 2.11. The Labute approximate surface area is 112 Å². The smallest absolute Gasteiger partial charge is 0.245 e. The van der Waals surface area contributed by atoms with Crippen LogP contribution in [0.2, 0.25) is 0 Å². The van der Waals surface area contributed by atoms with Gasteiger partial charge in [-0.1, -0.05) is 0 Å². The van der Waals surface area contributed by atoms with Crippen LogP contribution in [0.4, 0.5) is 5.69 Å². The predicted molar refractivity (Wildman–Crippen MR) is 69.6 cm³/mol. The molecule has 0 radical (unpaired) electrons. The summed E-state index contributed by atoms with van der Waals surface area (Å²) in [5.41, 5.74) is 1.20. The van der Waals surface area contributed by atoms with Gasteiger partial charge in [-0.2, -0.15) is 5.26 Å². The molecule has 6 heteroatoms. The number of anilines is 1. The van der Waals surface area contributed by atoms with Crippen molar-refractivity contribution >= 4 is 11.6 Å². The van der Waals surface area contributed by atoms with Gasteiger partial charge in [-0.15, -0.1) is 0 Å². The van der Waals surface area contributed by atoms with E-state index in [1.165, 1.54) is 0 Å². The van der Waals surface area contributed by atoms with Gasteiger partial charge in [0.1, 0.15) is 12.1 Å². The van der Waals surface area contributed by atoms with Crippen molar-refractivity contribution in [3.63, 3.8) is 0 Å². The van der Waals surface area contributed by atoms with Gasteiger partial charge in [-0.05, 0) is 13.0 Å². The van der Waals surface area contributed by atoms with Crippen LogP contribution in [0.15, 0.2) is 18.5 Å². The first-order valence-corrected chi connectivity index (χ1v) is 6.24. The lowest BCUT2D eigenvalue weighted by Gasteiger charge is -2.36. The molecular weight excluding hydrogens is 244 g/mol. The van der Waals surface area contributed by atoms with E-state index in [9.17, 15) is 4.79 Å². The molecule has 100 valence electrons. The first-order valence-electron chi connectivity index (χ1n) is 6.24. The second-order valence-electron chi connectivity index (χ2n) is 4.18. The number of rotatable bonds is 3. The van der Waals surface area contributed by atoms with E-state index < -0.39 is 6.04 Å². The maximum atomic E-state index is 12.0. The molecule has 1 aliphatic rings. The molecule has 0 spiro atoms. The zero-order valence-electron chi connectivity index (χ0n) is 10.8. The van der Waals surface area contributed by atoms with E-state index in [0.717, 1.165) is 0 Å². The number of nitrogens with zero attached hydrogens (tertiary/aromatic N) is 3. The number of ether oxygens (including phenoxy) is 1. The minimum atomic E-state index is -0.412. The van der Waals surface area contributed by atoms with Crippen molar-refractivity contribution in [2.45, 2.75) is 13.0 Å². The first kappa shape index (κ1) is 13.3. The third kappa shape index (κ3) is 2.83. The maximum absolute atomic E-state index is 12.0. The Kier molecular flexibility index (Phi) is 4.31. The quantitative estimate of drug-likeness (QED) is 0.845. The SMILES string of the molecule is CCNC(=O)C1COCCN1c1cnccc1C#N. The van der Waals surface area contributed by atoms with E-state index in [2.05, 4.69) is 16.4 Å². The second-order valence-corrected chi connectivity index (χ2v) is 4.18. The van der Waals surface area contributed by atoms with Crippen LogP contribution < -0.4 is 10.2 Å². The van der Waals surface area contributed by atoms with Gasteiger partial charge >= 0.3 is 0 Å². The number of carbonyl (C=O) groups excluding carboxylic acids is 1. The maximum Gasteiger partial charge on any atom is 0.245 e. The van der Waals surface area contributed by atoms with E-state index in [1.54, 1.807) is 18.5 Å². The van der Waals surface area contributed by atoms with Gasteiger partial charge in [0.15, 0.2) is 0 Å². The predicted octanol–water partition coefficient (Wildman–Crippen LogP) is 0.295. The number of aromatic nitrogens is 1. The largest absolute Gasteiger partial charge is 0.377 e. The summed E-state index contributed by atoms with van der Waals surface area (Å²) in [7, 11) is 0. The van der Waals surface area contributed by atoms with Crippen molar-refractivity contribution in [2.24, 2.45) is 0 Å². The number of nitriles is 1. The summed E-state index contributed by atoms with van der Waals surface area (Å²) in [5, 5.41) is 11.9. The lowest BCUT2D eigenvalue weighted by molar-refractivity contribution is -0.124. The zero-order chi connectivity index (χ0) is 13.7. The van der Waals surface area contributed by atoms with Crippen LogP contribution >= 0.6 is 0 Å². The van der Waals surface area contributed by atoms with Gasteiger partial charge in [0.05, 0.1) is 30.7 Å². The average Bonchev–Trinajstić information content (AvgIpc) is 2.47. The molecule has 0 aromatic carbocycles. The molecular formula is C13H16N4O2. The summed E-state index contributed by atoms with van der Waals surface area (Å²) in [5.74, 6) is -0.0880. The van der Waals surface area contributed by atoms with Crippen molar-refractivity contribution in [1.82, 2.24) is 10.3 Å². The van der Waals surface area contributed by atoms with Gasteiger partial charge in [0.25, 0.3) is 0 Å². The molecule has 1 aromatic heterocycles. The summed E-state index contributed by atoms with van der Waals surface area (Å²) in [6.45, 7) is 3.88. The van der Waals surface area contributed by atoms with E-state index in [-0.39, 0.29) is 5.91 Å². The molecule has 1 saturated heterocycles. The summed E-state index contributed by atoms with van der Waals surface area (Å²) in [6.07, 6.45) is 3.19. The molecule has 6 nitrogen and oxygen atoms in total. The molecule has 1 aromatic rings. The van der Waals surface area contributed by atoms with Crippen LogP contribution in [0, 0.1) is 11.3 Å². The number of hydrogen-bond acceptors (Lipinski definition) is 5. The van der Waals surface area contributed by atoms with Crippen molar-refractivity contribution < 1.29 is 9.53 Å². The number of morpholine rings is 1. The Morgan fingerprint density at radius 1 is 1.74 bits per heavy atom. The van der Waals surface area contributed by atoms with Gasteiger partial charge in [-0.25, -0.2) is 0 Å². The van der Waals surface area contributed by atoms with E-state index in [1.807, 2.05) is 11.8 Å². The van der Waals surface area contributed by atoms with Gasteiger partial charge in [0, 0.05) is 19.3 Å². The number of pyridine rings is 1. The molecule has 1 aliphatic heterocycles. The summed E-state index contributed by atoms with van der Waals surface area (Å²) in [4.78, 5) is 18.0. The fourth-order valence-electron chi connectivity index (χ4n) is 2.11. The van der Waals surface area contributed by atoms with Crippen LogP contribution in [-0.2, 0) is 9.53 Å². The standard InChI is InChI=1S/C13H16N4O2/c1-2-16-13(18)12-9-19-6-5-17(12)11-8-15-4-3-10(11)7-14/h3-4,8,12H,2,5-6,9H2,1H3,(H,16,18). The summed E-state index contributed by atoms with van der Waals surface area (Å²) >= 11 is 0. The highest BCUT2D eigenvalue weighted by Crippen LogP contribution is 2.22. The summed E-state index contributed by atoms with van der Waals surface area (Å²) < 4.78 is 5.37. The first-order chi connectivity index (χ1) is 9.27. The zero-order valence-corrected chi connectivity index (χ0v) is 10.8. The highest BCUT2D eigenvalue weighted by molar-refractivity contribution is 5.86. The van der Waals surface area contributed by atoms with E-state index in [4.69, 9.17) is 10.00 Å². The molecule has 1 unspecified atom stereocenters. The lowest BCUT2D eigenvalue weighted by Crippen LogP contribution is -2.54. The molecule has 0 aliphatic carbocycles. The molecule has 2 rings (SSSR count). The second kappa shape index (κ2) is 6.16. The lowest BCUT2D eigenvalue weighted by atomic mass is 10.1. The molecule has 19 heavy (non-hydrogen) atoms. The minimum Gasteiger partial charge on any atom is -0.377 e. The minimum absolute atomic E-state index is 0.0880. The van der Waals surface area contributed by atoms with Crippen LogP contribution in [0.1, 0.15) is 12.5 Å². The van der Waals surface area contributed by atoms with E-state index >= 15 is 0 Å². The van der Waals surface area contributed by atoms with Gasteiger partial charge in [0.2, 0.25) is 5.91 Å². The Hall–Kier alpha value is -2.13. The topological polar surface area (TPSA) is 78.2 Å². The average molecular weight is 260 g/mol. The number of likely N-dealkylation sites (N-methyl/N-ethyl adjacent to an activating group) is 1. The van der Waals surface area contributed by atoms with E-state index in [0.29, 0.717) is 37.6 Å². The normalized spacial score (nSPS) is 18.7. The Morgan fingerprint density at radius 3 is 3.32 bits per heavy atom. The van der Waals surface area contributed by atoms with Crippen LogP contribution in [0.3, 0.4) is 0 Å². The Balaban J connectivity index is 2.29. The van der Waals surface area contributed by atoms with Gasteiger partial charge in [-0.3, -0.25) is 9.78 Å². The monoisotopic (exact) mass is 260 g/mol. The van der Waals surface area contributed by atoms with Crippen LogP contribution in [0.25, 0.3) is 0 Å². The highest BCUT2D eigenvalue weighted by Gasteiger charge is 2.30. The molecule has 1 fully saturated rings. The van der Waals surface area contributed by atoms with Crippen molar-refractivity contribution in [1.29, 1.82) is 5.26 Å². The molecule has 2 heterocycles. The van der Waals surface area contributed by atoms with Crippen LogP contribution in [0.5, 0.6) is 0 Å². The molecule has 1 amide bonds. The van der Waals surface area contributed by atoms with Crippen LogP contribution in [-0.4, -0.2) is 43.2 Å². The van der Waals surface area contributed by atoms with Crippen molar-refractivity contribution in [3.05, 3.63) is 24.0 Å². The molecule has 1 atom stereocenters. The summed E-state index contributed by atoms with van der Waals surface area (Å²) in [6, 6.07) is 3.37. The van der Waals surface area contributed by atoms with Gasteiger partial charge < -0.3 is 15.0 Å².